The van der Waals surface area contributed by atoms with Crippen molar-refractivity contribution in [3.8, 4) is 0 Å². The minimum Gasteiger partial charge on any atom is -0.342 e. The molecule has 0 radical (unpaired) electrons. The fourth-order valence-corrected chi connectivity index (χ4v) is 4.37. The topological polar surface area (TPSA) is 49.4 Å². The summed E-state index contributed by atoms with van der Waals surface area (Å²) in [6, 6.07) is 6.20. The molecule has 0 aromatic heterocycles. The van der Waals surface area contributed by atoms with Crippen molar-refractivity contribution in [3.63, 3.8) is 0 Å². The fourth-order valence-electron chi connectivity index (χ4n) is 4.37. The lowest BCUT2D eigenvalue weighted by Crippen LogP contribution is -2.37. The van der Waals surface area contributed by atoms with E-state index in [1.807, 2.05) is 17.9 Å². The standard InChI is InChI=1S/C22H32N2O2/c1-15(2)19-8-6-7-16(3)20(19)23-21(25)17-9-11-18(12-10-17)22(26)24-13-4-5-14-24/h6-8,15,17-18H,4-5,9-14H2,1-3H3,(H,23,25). The number of carbonyl (C=O) groups excluding carboxylic acids is 2. The highest BCUT2D eigenvalue weighted by molar-refractivity contribution is 5.94. The van der Waals surface area contributed by atoms with E-state index in [0.29, 0.717) is 11.8 Å². The van der Waals surface area contributed by atoms with Gasteiger partial charge in [-0.25, -0.2) is 0 Å². The number of nitrogens with one attached hydrogen (secondary N) is 1. The van der Waals surface area contributed by atoms with E-state index in [4.69, 9.17) is 0 Å². The zero-order chi connectivity index (χ0) is 18.7. The molecule has 0 spiro atoms. The molecule has 142 valence electrons. The highest BCUT2D eigenvalue weighted by atomic mass is 16.2. The molecule has 0 atom stereocenters. The van der Waals surface area contributed by atoms with Crippen molar-refractivity contribution in [1.29, 1.82) is 0 Å². The molecule has 26 heavy (non-hydrogen) atoms. The van der Waals surface area contributed by atoms with Gasteiger partial charge in [-0.15, -0.1) is 0 Å². The van der Waals surface area contributed by atoms with Crippen LogP contribution in [0.5, 0.6) is 0 Å². The van der Waals surface area contributed by atoms with E-state index >= 15 is 0 Å². The number of aryl methyl sites for hydroxylation is 1. The van der Waals surface area contributed by atoms with E-state index < -0.39 is 0 Å². The summed E-state index contributed by atoms with van der Waals surface area (Å²) in [5.41, 5.74) is 3.28. The maximum Gasteiger partial charge on any atom is 0.227 e. The summed E-state index contributed by atoms with van der Waals surface area (Å²) in [7, 11) is 0. The van der Waals surface area contributed by atoms with Crippen LogP contribution in [0.2, 0.25) is 0 Å². The van der Waals surface area contributed by atoms with Crippen molar-refractivity contribution in [3.05, 3.63) is 29.3 Å². The number of benzene rings is 1. The number of nitrogens with zero attached hydrogens (tertiary/aromatic N) is 1. The molecule has 0 unspecified atom stereocenters. The van der Waals surface area contributed by atoms with Crippen molar-refractivity contribution in [2.45, 2.75) is 65.2 Å². The Labute approximate surface area is 157 Å². The molecule has 4 nitrogen and oxygen atoms in total. The molecule has 1 aliphatic heterocycles. The van der Waals surface area contributed by atoms with Crippen molar-refractivity contribution in [2.24, 2.45) is 11.8 Å². The van der Waals surface area contributed by atoms with E-state index in [2.05, 4.69) is 31.3 Å². The van der Waals surface area contributed by atoms with Gasteiger partial charge < -0.3 is 10.2 Å². The lowest BCUT2D eigenvalue weighted by molar-refractivity contribution is -0.136. The van der Waals surface area contributed by atoms with Crippen molar-refractivity contribution >= 4 is 17.5 Å². The first-order valence-corrected chi connectivity index (χ1v) is 10.2. The number of amides is 2. The van der Waals surface area contributed by atoms with Crippen LogP contribution in [0.4, 0.5) is 5.69 Å². The monoisotopic (exact) mass is 356 g/mol. The SMILES string of the molecule is Cc1cccc(C(C)C)c1NC(=O)C1CCC(C(=O)N2CCCC2)CC1. The molecular formula is C22H32N2O2. The van der Waals surface area contributed by atoms with Crippen LogP contribution in [0.3, 0.4) is 0 Å². The summed E-state index contributed by atoms with van der Waals surface area (Å²) in [5.74, 6) is 0.966. The number of anilines is 1. The summed E-state index contributed by atoms with van der Waals surface area (Å²) in [4.78, 5) is 27.4. The highest BCUT2D eigenvalue weighted by Crippen LogP contribution is 2.33. The molecule has 1 N–H and O–H groups in total. The Kier molecular flexibility index (Phi) is 6.00. The van der Waals surface area contributed by atoms with Crippen molar-refractivity contribution in [1.82, 2.24) is 4.90 Å². The van der Waals surface area contributed by atoms with E-state index in [1.54, 1.807) is 0 Å². The summed E-state index contributed by atoms with van der Waals surface area (Å²) in [5, 5.41) is 3.19. The van der Waals surface area contributed by atoms with Gasteiger partial charge in [0.05, 0.1) is 0 Å². The molecule has 4 heteroatoms. The predicted octanol–water partition coefficient (Wildman–Crippen LogP) is 4.49. The average molecular weight is 357 g/mol. The zero-order valence-corrected chi connectivity index (χ0v) is 16.4. The lowest BCUT2D eigenvalue weighted by atomic mass is 9.80. The first-order chi connectivity index (χ1) is 12.5. The molecule has 1 heterocycles. The second kappa shape index (κ2) is 8.24. The third kappa shape index (κ3) is 4.11. The van der Waals surface area contributed by atoms with Gasteiger partial charge in [0.25, 0.3) is 0 Å². The van der Waals surface area contributed by atoms with Crippen LogP contribution in [0, 0.1) is 18.8 Å². The Balaban J connectivity index is 1.58. The third-order valence-corrected chi connectivity index (χ3v) is 6.04. The van der Waals surface area contributed by atoms with Crippen molar-refractivity contribution < 1.29 is 9.59 Å². The molecule has 1 aromatic carbocycles. The smallest absolute Gasteiger partial charge is 0.227 e. The van der Waals surface area contributed by atoms with Gasteiger partial charge in [0, 0.05) is 30.6 Å². The first kappa shape index (κ1) is 18.9. The van der Waals surface area contributed by atoms with E-state index in [1.165, 1.54) is 5.56 Å². The van der Waals surface area contributed by atoms with Crippen LogP contribution in [0.25, 0.3) is 0 Å². The Morgan fingerprint density at radius 1 is 1.04 bits per heavy atom. The van der Waals surface area contributed by atoms with Gasteiger partial charge in [-0.05, 0) is 62.5 Å². The van der Waals surface area contributed by atoms with Crippen LogP contribution < -0.4 is 5.32 Å². The van der Waals surface area contributed by atoms with Gasteiger partial charge in [-0.3, -0.25) is 9.59 Å². The average Bonchev–Trinajstić information content (AvgIpc) is 3.17. The highest BCUT2D eigenvalue weighted by Gasteiger charge is 2.33. The normalized spacial score (nSPS) is 23.3. The summed E-state index contributed by atoms with van der Waals surface area (Å²) in [6.45, 7) is 8.20. The minimum atomic E-state index is 0.0252. The summed E-state index contributed by atoms with van der Waals surface area (Å²) in [6.07, 6.45) is 5.60. The van der Waals surface area contributed by atoms with E-state index in [9.17, 15) is 9.59 Å². The Bertz CT molecular complexity index is 654. The maximum atomic E-state index is 12.8. The molecule has 2 amide bonds. The largest absolute Gasteiger partial charge is 0.342 e. The van der Waals surface area contributed by atoms with Crippen molar-refractivity contribution in [2.75, 3.05) is 18.4 Å². The maximum absolute atomic E-state index is 12.8. The summed E-state index contributed by atoms with van der Waals surface area (Å²) < 4.78 is 0. The van der Waals surface area contributed by atoms with Gasteiger partial charge in [0.1, 0.15) is 0 Å². The quantitative estimate of drug-likeness (QED) is 0.864. The van der Waals surface area contributed by atoms with Crippen LogP contribution in [0.1, 0.15) is 69.4 Å². The molecule has 0 bridgehead atoms. The Hall–Kier alpha value is -1.84. The fraction of sp³-hybridized carbons (Fsp3) is 0.636. The van der Waals surface area contributed by atoms with E-state index in [-0.39, 0.29) is 17.7 Å². The second-order valence-corrected chi connectivity index (χ2v) is 8.26. The van der Waals surface area contributed by atoms with Crippen LogP contribution >= 0.6 is 0 Å². The number of likely N-dealkylation sites (tertiary alicyclic amines) is 1. The van der Waals surface area contributed by atoms with Gasteiger partial charge in [0.2, 0.25) is 11.8 Å². The molecule has 2 fully saturated rings. The first-order valence-electron chi connectivity index (χ1n) is 10.2. The van der Waals surface area contributed by atoms with Crippen LogP contribution in [0.15, 0.2) is 18.2 Å². The van der Waals surface area contributed by atoms with Gasteiger partial charge in [0.15, 0.2) is 0 Å². The molecule has 1 aromatic rings. The number of hydrogen-bond acceptors (Lipinski definition) is 2. The molecule has 1 saturated carbocycles. The number of rotatable bonds is 4. The number of hydrogen-bond donors (Lipinski definition) is 1. The minimum absolute atomic E-state index is 0.0252. The molecule has 2 aliphatic rings. The second-order valence-electron chi connectivity index (χ2n) is 8.26. The number of para-hydroxylation sites is 1. The van der Waals surface area contributed by atoms with Crippen LogP contribution in [-0.4, -0.2) is 29.8 Å². The number of carbonyl (C=O) groups is 2. The van der Waals surface area contributed by atoms with E-state index in [0.717, 1.165) is 62.9 Å². The Morgan fingerprint density at radius 2 is 1.65 bits per heavy atom. The lowest BCUT2D eigenvalue weighted by Gasteiger charge is -2.30. The molecule has 3 rings (SSSR count). The molecular weight excluding hydrogens is 324 g/mol. The molecule has 1 saturated heterocycles. The summed E-state index contributed by atoms with van der Waals surface area (Å²) >= 11 is 0. The van der Waals surface area contributed by atoms with Crippen LogP contribution in [-0.2, 0) is 9.59 Å². The van der Waals surface area contributed by atoms with Gasteiger partial charge >= 0.3 is 0 Å². The third-order valence-electron chi connectivity index (χ3n) is 6.04. The van der Waals surface area contributed by atoms with Gasteiger partial charge in [-0.2, -0.15) is 0 Å². The zero-order valence-electron chi connectivity index (χ0n) is 16.4. The predicted molar refractivity (Wildman–Crippen MR) is 105 cm³/mol. The molecule has 1 aliphatic carbocycles. The van der Waals surface area contributed by atoms with Gasteiger partial charge in [-0.1, -0.05) is 32.0 Å². The Morgan fingerprint density at radius 3 is 2.27 bits per heavy atom.